The van der Waals surface area contributed by atoms with Gasteiger partial charge in [0, 0.05) is 0 Å². The number of hydrogen-bond donors (Lipinski definition) is 1. The molecule has 2 rings (SSSR count). The molecule has 1 aromatic carbocycles. The molecule has 1 heterocycles. The maximum Gasteiger partial charge on any atom is 0.314 e. The number of benzene rings is 1. The van der Waals surface area contributed by atoms with Crippen molar-refractivity contribution in [3.8, 4) is 5.75 Å². The Morgan fingerprint density at radius 1 is 1.59 bits per heavy atom. The minimum absolute atomic E-state index is 0.131. The third-order valence-electron chi connectivity index (χ3n) is 3.61. The molecule has 3 heteroatoms. The Hall–Kier alpha value is -1.77. The minimum Gasteiger partial charge on any atom is -0.492 e. The average molecular weight is 232 g/mol. The Labute approximate surface area is 101 Å². The van der Waals surface area contributed by atoms with E-state index < -0.39 is 11.4 Å². The molecular formula is C14H16O3. The summed E-state index contributed by atoms with van der Waals surface area (Å²) in [6, 6.07) is 7.59. The van der Waals surface area contributed by atoms with E-state index in [9.17, 15) is 9.90 Å². The van der Waals surface area contributed by atoms with Gasteiger partial charge in [-0.05, 0) is 24.0 Å². The van der Waals surface area contributed by atoms with Crippen molar-refractivity contribution in [2.24, 2.45) is 11.3 Å². The molecule has 0 spiro atoms. The number of para-hydroxylation sites is 1. The molecular weight excluding hydrogens is 216 g/mol. The van der Waals surface area contributed by atoms with E-state index in [1.807, 2.05) is 31.2 Å². The number of rotatable bonds is 3. The second-order valence-electron chi connectivity index (χ2n) is 4.56. The smallest absolute Gasteiger partial charge is 0.314 e. The lowest BCUT2D eigenvalue weighted by Crippen LogP contribution is -2.46. The van der Waals surface area contributed by atoms with Crippen LogP contribution in [0.3, 0.4) is 0 Å². The molecule has 0 bridgehead atoms. The van der Waals surface area contributed by atoms with Gasteiger partial charge in [0.2, 0.25) is 0 Å². The molecule has 90 valence electrons. The summed E-state index contributed by atoms with van der Waals surface area (Å²) in [4.78, 5) is 11.6. The van der Waals surface area contributed by atoms with Crippen molar-refractivity contribution in [2.75, 3.05) is 6.61 Å². The molecule has 3 nitrogen and oxygen atoms in total. The summed E-state index contributed by atoms with van der Waals surface area (Å²) >= 11 is 0. The zero-order chi connectivity index (χ0) is 12.5. The van der Waals surface area contributed by atoms with E-state index in [1.54, 1.807) is 6.08 Å². The van der Waals surface area contributed by atoms with Crippen molar-refractivity contribution in [3.05, 3.63) is 42.5 Å². The quantitative estimate of drug-likeness (QED) is 0.814. The number of carboxylic acid groups (broad SMARTS) is 1. The molecule has 0 aromatic heterocycles. The zero-order valence-corrected chi connectivity index (χ0v) is 9.85. The zero-order valence-electron chi connectivity index (χ0n) is 9.85. The molecule has 1 aliphatic rings. The van der Waals surface area contributed by atoms with Gasteiger partial charge in [0.05, 0.1) is 0 Å². The SMILES string of the molecule is C=CC(C)C1(C(=O)O)COc2ccccc2C1. The third kappa shape index (κ3) is 1.82. The number of ether oxygens (including phenoxy) is 1. The summed E-state index contributed by atoms with van der Waals surface area (Å²) in [7, 11) is 0. The van der Waals surface area contributed by atoms with E-state index in [4.69, 9.17) is 4.74 Å². The molecule has 0 fully saturated rings. The average Bonchev–Trinajstić information content (AvgIpc) is 2.36. The van der Waals surface area contributed by atoms with E-state index in [2.05, 4.69) is 6.58 Å². The molecule has 0 amide bonds. The van der Waals surface area contributed by atoms with Crippen LogP contribution in [0.5, 0.6) is 5.75 Å². The van der Waals surface area contributed by atoms with E-state index in [1.165, 1.54) is 0 Å². The number of allylic oxidation sites excluding steroid dienone is 1. The van der Waals surface area contributed by atoms with Gasteiger partial charge < -0.3 is 9.84 Å². The molecule has 1 aliphatic heterocycles. The molecule has 1 aromatic rings. The molecule has 2 unspecified atom stereocenters. The molecule has 0 saturated heterocycles. The highest BCUT2D eigenvalue weighted by Gasteiger charge is 2.46. The van der Waals surface area contributed by atoms with Gasteiger partial charge >= 0.3 is 5.97 Å². The Morgan fingerprint density at radius 3 is 2.94 bits per heavy atom. The van der Waals surface area contributed by atoms with Gasteiger partial charge in [-0.2, -0.15) is 0 Å². The van der Waals surface area contributed by atoms with E-state index in [0.29, 0.717) is 6.42 Å². The van der Waals surface area contributed by atoms with Crippen LogP contribution in [0.1, 0.15) is 12.5 Å². The van der Waals surface area contributed by atoms with Crippen molar-refractivity contribution < 1.29 is 14.6 Å². The van der Waals surface area contributed by atoms with Crippen molar-refractivity contribution in [1.82, 2.24) is 0 Å². The van der Waals surface area contributed by atoms with Gasteiger partial charge in [0.15, 0.2) is 0 Å². The number of fused-ring (bicyclic) bond motifs is 1. The van der Waals surface area contributed by atoms with Gasteiger partial charge in [-0.25, -0.2) is 0 Å². The van der Waals surface area contributed by atoms with Crippen LogP contribution >= 0.6 is 0 Å². The Balaban J connectivity index is 2.41. The van der Waals surface area contributed by atoms with Crippen molar-refractivity contribution in [1.29, 1.82) is 0 Å². The van der Waals surface area contributed by atoms with Crippen LogP contribution < -0.4 is 4.74 Å². The lowest BCUT2D eigenvalue weighted by molar-refractivity contribution is -0.154. The normalized spacial score (nSPS) is 24.3. The van der Waals surface area contributed by atoms with Crippen LogP contribution in [-0.2, 0) is 11.2 Å². The first-order chi connectivity index (χ1) is 8.10. The Kier molecular flexibility index (Phi) is 2.92. The van der Waals surface area contributed by atoms with Gasteiger partial charge in [0.1, 0.15) is 17.8 Å². The van der Waals surface area contributed by atoms with E-state index >= 15 is 0 Å². The fraction of sp³-hybridized carbons (Fsp3) is 0.357. The number of carboxylic acids is 1. The van der Waals surface area contributed by atoms with Crippen molar-refractivity contribution in [3.63, 3.8) is 0 Å². The molecule has 1 N–H and O–H groups in total. The topological polar surface area (TPSA) is 46.5 Å². The fourth-order valence-electron chi connectivity index (χ4n) is 2.24. The predicted octanol–water partition coefficient (Wildman–Crippen LogP) is 2.51. The summed E-state index contributed by atoms with van der Waals surface area (Å²) < 4.78 is 5.60. The van der Waals surface area contributed by atoms with Crippen molar-refractivity contribution >= 4 is 5.97 Å². The van der Waals surface area contributed by atoms with E-state index in [0.717, 1.165) is 11.3 Å². The second kappa shape index (κ2) is 4.24. The lowest BCUT2D eigenvalue weighted by atomic mass is 9.71. The maximum atomic E-state index is 11.6. The highest BCUT2D eigenvalue weighted by molar-refractivity contribution is 5.76. The Bertz CT molecular complexity index is 453. The Morgan fingerprint density at radius 2 is 2.29 bits per heavy atom. The summed E-state index contributed by atoms with van der Waals surface area (Å²) in [6.07, 6.45) is 2.18. The largest absolute Gasteiger partial charge is 0.492 e. The summed E-state index contributed by atoms with van der Waals surface area (Å²) in [5.41, 5.74) is 0.0608. The van der Waals surface area contributed by atoms with Gasteiger partial charge in [-0.3, -0.25) is 4.79 Å². The fourth-order valence-corrected chi connectivity index (χ4v) is 2.24. The second-order valence-corrected chi connectivity index (χ2v) is 4.56. The summed E-state index contributed by atoms with van der Waals surface area (Å²) in [5, 5.41) is 9.49. The van der Waals surface area contributed by atoms with Crippen molar-refractivity contribution in [2.45, 2.75) is 13.3 Å². The third-order valence-corrected chi connectivity index (χ3v) is 3.61. The van der Waals surface area contributed by atoms with Crippen LogP contribution in [0, 0.1) is 11.3 Å². The first-order valence-corrected chi connectivity index (χ1v) is 5.67. The minimum atomic E-state index is -0.893. The lowest BCUT2D eigenvalue weighted by Gasteiger charge is -2.37. The summed E-state index contributed by atoms with van der Waals surface area (Å²) in [5.74, 6) is -0.159. The monoisotopic (exact) mass is 232 g/mol. The summed E-state index contributed by atoms with van der Waals surface area (Å²) in [6.45, 7) is 5.77. The molecule has 0 radical (unpaired) electrons. The van der Waals surface area contributed by atoms with Gasteiger partial charge in [-0.15, -0.1) is 6.58 Å². The predicted molar refractivity (Wildman–Crippen MR) is 65.1 cm³/mol. The van der Waals surface area contributed by atoms with Crippen LogP contribution in [0.4, 0.5) is 0 Å². The highest BCUT2D eigenvalue weighted by Crippen LogP contribution is 2.40. The molecule has 0 saturated carbocycles. The maximum absolute atomic E-state index is 11.6. The highest BCUT2D eigenvalue weighted by atomic mass is 16.5. The number of aliphatic carboxylic acids is 1. The van der Waals surface area contributed by atoms with Crippen LogP contribution in [0.15, 0.2) is 36.9 Å². The van der Waals surface area contributed by atoms with E-state index in [-0.39, 0.29) is 12.5 Å². The van der Waals surface area contributed by atoms with Crippen LogP contribution in [0.2, 0.25) is 0 Å². The first-order valence-electron chi connectivity index (χ1n) is 5.67. The van der Waals surface area contributed by atoms with Crippen LogP contribution in [-0.4, -0.2) is 17.7 Å². The number of carbonyl (C=O) groups is 1. The standard InChI is InChI=1S/C14H16O3/c1-3-10(2)14(13(15)16)8-11-6-4-5-7-12(11)17-9-14/h3-7,10H,1,8-9H2,2H3,(H,15,16). The molecule has 0 aliphatic carbocycles. The van der Waals surface area contributed by atoms with Gasteiger partial charge in [-0.1, -0.05) is 31.2 Å². The molecule has 17 heavy (non-hydrogen) atoms. The van der Waals surface area contributed by atoms with Crippen LogP contribution in [0.25, 0.3) is 0 Å². The van der Waals surface area contributed by atoms with Gasteiger partial charge in [0.25, 0.3) is 0 Å². The number of hydrogen-bond acceptors (Lipinski definition) is 2. The first kappa shape index (κ1) is 11.7. The molecule has 2 atom stereocenters.